The maximum Gasteiger partial charge on any atom is 0.0645 e. The second kappa shape index (κ2) is 7.81. The van der Waals surface area contributed by atoms with Crippen molar-refractivity contribution in [1.29, 1.82) is 0 Å². The van der Waals surface area contributed by atoms with Crippen molar-refractivity contribution >= 4 is 50.1 Å². The van der Waals surface area contributed by atoms with Gasteiger partial charge in [0.05, 0.1) is 9.85 Å². The lowest BCUT2D eigenvalue weighted by atomic mass is 10.0. The lowest BCUT2D eigenvalue weighted by Gasteiger charge is -2.12. The molecule has 0 aliphatic heterocycles. The first kappa shape index (κ1) is 16.3. The molecule has 0 aliphatic rings. The zero-order chi connectivity index (χ0) is 14.5. The summed E-state index contributed by atoms with van der Waals surface area (Å²) in [5, 5.41) is 0.812. The summed E-state index contributed by atoms with van der Waals surface area (Å²) in [6.45, 7) is 2.23. The zero-order valence-electron chi connectivity index (χ0n) is 11.4. The van der Waals surface area contributed by atoms with Gasteiger partial charge in [-0.1, -0.05) is 71.2 Å². The summed E-state index contributed by atoms with van der Waals surface area (Å²) in [6, 6.07) is 15.1. The van der Waals surface area contributed by atoms with E-state index in [1.54, 1.807) is 0 Å². The van der Waals surface area contributed by atoms with Gasteiger partial charge >= 0.3 is 0 Å². The van der Waals surface area contributed by atoms with E-state index in [9.17, 15) is 0 Å². The highest BCUT2D eigenvalue weighted by Crippen LogP contribution is 2.33. The van der Waals surface area contributed by atoms with Crippen LogP contribution in [0.2, 0.25) is 5.02 Å². The van der Waals surface area contributed by atoms with E-state index in [1.165, 1.54) is 36.0 Å². The predicted molar refractivity (Wildman–Crippen MR) is 100.0 cm³/mol. The summed E-state index contributed by atoms with van der Waals surface area (Å²) in [6.07, 6.45) is 3.66. The quantitative estimate of drug-likeness (QED) is 0.339. The summed E-state index contributed by atoms with van der Waals surface area (Å²) in [4.78, 5) is 0.192. The molecule has 0 bridgehead atoms. The smallest absolute Gasteiger partial charge is 0.0645 e. The van der Waals surface area contributed by atoms with Crippen molar-refractivity contribution in [2.75, 3.05) is 0 Å². The molecule has 0 fully saturated rings. The Labute approximate surface area is 148 Å². The second-order valence-corrected chi connectivity index (χ2v) is 7.37. The molecule has 0 heterocycles. The Kier molecular flexibility index (Phi) is 6.37. The number of aryl methyl sites for hydroxylation is 1. The molecule has 0 N–H and O–H groups in total. The van der Waals surface area contributed by atoms with Gasteiger partial charge in [0.25, 0.3) is 0 Å². The van der Waals surface area contributed by atoms with Crippen molar-refractivity contribution in [3.05, 3.63) is 67.7 Å². The largest absolute Gasteiger partial charge is 0.0832 e. The molecule has 0 saturated heterocycles. The number of halogens is 3. The van der Waals surface area contributed by atoms with E-state index in [-0.39, 0.29) is 4.83 Å². The Morgan fingerprint density at radius 2 is 1.75 bits per heavy atom. The Morgan fingerprint density at radius 1 is 1.10 bits per heavy atom. The molecule has 1 atom stereocenters. The normalized spacial score (nSPS) is 12.4. The van der Waals surface area contributed by atoms with Crippen LogP contribution >= 0.6 is 50.1 Å². The average Bonchev–Trinajstić information content (AvgIpc) is 2.48. The SMILES string of the molecule is CCCCc1ccc(C(Br)c2ccc(I)c(Cl)c2)cc1. The predicted octanol–water partition coefficient (Wildman–Crippen LogP) is 6.77. The molecule has 1 unspecified atom stereocenters. The highest BCUT2D eigenvalue weighted by atomic mass is 127. The first-order valence-corrected chi connectivity index (χ1v) is 9.17. The van der Waals surface area contributed by atoms with Crippen LogP contribution in [-0.4, -0.2) is 0 Å². The van der Waals surface area contributed by atoms with Crippen LogP contribution < -0.4 is 0 Å². The van der Waals surface area contributed by atoms with Gasteiger partial charge in [0.15, 0.2) is 0 Å². The van der Waals surface area contributed by atoms with Crippen molar-refractivity contribution < 1.29 is 0 Å². The summed E-state index contributed by atoms with van der Waals surface area (Å²) in [5.41, 5.74) is 3.87. The molecule has 2 aromatic carbocycles. The monoisotopic (exact) mass is 462 g/mol. The van der Waals surface area contributed by atoms with Gasteiger partial charge in [0.2, 0.25) is 0 Å². The van der Waals surface area contributed by atoms with Gasteiger partial charge in [0.1, 0.15) is 0 Å². The number of hydrogen-bond donors (Lipinski definition) is 0. The van der Waals surface area contributed by atoms with Crippen LogP contribution in [0.3, 0.4) is 0 Å². The Morgan fingerprint density at radius 3 is 2.35 bits per heavy atom. The van der Waals surface area contributed by atoms with E-state index < -0.39 is 0 Å². The van der Waals surface area contributed by atoms with Gasteiger partial charge in [-0.05, 0) is 64.3 Å². The van der Waals surface area contributed by atoms with Crippen LogP contribution in [0.5, 0.6) is 0 Å². The maximum atomic E-state index is 6.20. The minimum Gasteiger partial charge on any atom is -0.0832 e. The summed E-state index contributed by atoms with van der Waals surface area (Å²) in [5.74, 6) is 0. The molecule has 0 spiro atoms. The highest BCUT2D eigenvalue weighted by Gasteiger charge is 2.11. The third-order valence-corrected chi connectivity index (χ3v) is 5.96. The lowest BCUT2D eigenvalue weighted by molar-refractivity contribution is 0.795. The molecule has 3 heteroatoms. The zero-order valence-corrected chi connectivity index (χ0v) is 15.9. The van der Waals surface area contributed by atoms with E-state index in [1.807, 2.05) is 6.07 Å². The van der Waals surface area contributed by atoms with E-state index in [4.69, 9.17) is 11.6 Å². The first-order valence-electron chi connectivity index (χ1n) is 6.79. The number of rotatable bonds is 5. The third-order valence-electron chi connectivity index (χ3n) is 3.33. The van der Waals surface area contributed by atoms with Gasteiger partial charge in [-0.15, -0.1) is 0 Å². The van der Waals surface area contributed by atoms with Crippen LogP contribution in [0.4, 0.5) is 0 Å². The number of hydrogen-bond acceptors (Lipinski definition) is 0. The van der Waals surface area contributed by atoms with Gasteiger partial charge in [-0.25, -0.2) is 0 Å². The van der Waals surface area contributed by atoms with Crippen molar-refractivity contribution in [2.24, 2.45) is 0 Å². The molecule has 0 aliphatic carbocycles. The third kappa shape index (κ3) is 4.22. The molecule has 20 heavy (non-hydrogen) atoms. The lowest BCUT2D eigenvalue weighted by Crippen LogP contribution is -1.94. The van der Waals surface area contributed by atoms with Crippen LogP contribution in [-0.2, 0) is 6.42 Å². The topological polar surface area (TPSA) is 0 Å². The minimum atomic E-state index is 0.192. The van der Waals surface area contributed by atoms with E-state index in [0.29, 0.717) is 0 Å². The molecule has 0 amide bonds. The van der Waals surface area contributed by atoms with Gasteiger partial charge in [-0.3, -0.25) is 0 Å². The van der Waals surface area contributed by atoms with Gasteiger partial charge in [0, 0.05) is 3.57 Å². The van der Waals surface area contributed by atoms with Crippen molar-refractivity contribution in [3.63, 3.8) is 0 Å². The summed E-state index contributed by atoms with van der Waals surface area (Å²) in [7, 11) is 0. The minimum absolute atomic E-state index is 0.192. The summed E-state index contributed by atoms with van der Waals surface area (Å²) >= 11 is 12.2. The molecule has 0 aromatic heterocycles. The van der Waals surface area contributed by atoms with Crippen LogP contribution in [0.25, 0.3) is 0 Å². The van der Waals surface area contributed by atoms with Crippen molar-refractivity contribution in [2.45, 2.75) is 31.0 Å². The molecule has 0 saturated carbocycles. The Balaban J connectivity index is 2.15. The fraction of sp³-hybridized carbons (Fsp3) is 0.294. The molecule has 106 valence electrons. The number of unbranched alkanes of at least 4 members (excludes halogenated alkanes) is 1. The number of alkyl halides is 1. The standard InChI is InChI=1S/C17H17BrClI/c1-2-3-4-12-5-7-13(8-6-12)17(18)14-9-10-16(20)15(19)11-14/h5-11,17H,2-4H2,1H3. The van der Waals surface area contributed by atoms with Crippen LogP contribution in [0.15, 0.2) is 42.5 Å². The van der Waals surface area contributed by atoms with Crippen LogP contribution in [0, 0.1) is 3.57 Å². The fourth-order valence-electron chi connectivity index (χ4n) is 2.10. The molecular formula is C17H17BrClI. The number of benzene rings is 2. The summed E-state index contributed by atoms with van der Waals surface area (Å²) < 4.78 is 1.09. The molecule has 0 nitrogen and oxygen atoms in total. The average molecular weight is 464 g/mol. The molecule has 0 radical (unpaired) electrons. The van der Waals surface area contributed by atoms with Crippen molar-refractivity contribution in [1.82, 2.24) is 0 Å². The van der Waals surface area contributed by atoms with E-state index in [2.05, 4.69) is 81.8 Å². The van der Waals surface area contributed by atoms with E-state index in [0.717, 1.165) is 8.59 Å². The van der Waals surface area contributed by atoms with Crippen molar-refractivity contribution in [3.8, 4) is 0 Å². The molecular weight excluding hydrogens is 446 g/mol. The highest BCUT2D eigenvalue weighted by molar-refractivity contribution is 14.1. The van der Waals surface area contributed by atoms with Gasteiger partial charge in [-0.2, -0.15) is 0 Å². The molecule has 2 rings (SSSR count). The fourth-order valence-corrected chi connectivity index (χ4v) is 3.21. The van der Waals surface area contributed by atoms with Crippen LogP contribution in [0.1, 0.15) is 41.3 Å². The first-order chi connectivity index (χ1) is 9.61. The molecule has 2 aromatic rings. The second-order valence-electron chi connectivity index (χ2n) is 4.88. The van der Waals surface area contributed by atoms with Gasteiger partial charge < -0.3 is 0 Å². The van der Waals surface area contributed by atoms with E-state index >= 15 is 0 Å². The Bertz CT molecular complexity index is 566. The maximum absolute atomic E-state index is 6.20. The Hall–Kier alpha value is -0.0600.